The van der Waals surface area contributed by atoms with Gasteiger partial charge in [0.25, 0.3) is 5.91 Å². The van der Waals surface area contributed by atoms with Gasteiger partial charge in [0.15, 0.2) is 6.17 Å². The average molecular weight is 371 g/mol. The fourth-order valence-electron chi connectivity index (χ4n) is 3.24. The summed E-state index contributed by atoms with van der Waals surface area (Å²) in [7, 11) is 4.47. The highest BCUT2D eigenvalue weighted by Gasteiger charge is 2.39. The number of likely N-dealkylation sites (N-methyl/N-ethyl adjacent to an activating group) is 1. The number of anilines is 1. The molecular weight excluding hydrogens is 350 g/mol. The van der Waals surface area contributed by atoms with E-state index in [1.807, 2.05) is 0 Å². The summed E-state index contributed by atoms with van der Waals surface area (Å²) in [5.74, 6) is -0.171. The van der Waals surface area contributed by atoms with Crippen molar-refractivity contribution in [1.82, 2.24) is 10.2 Å². The second-order valence-corrected chi connectivity index (χ2v) is 6.22. The molecule has 0 saturated carbocycles. The van der Waals surface area contributed by atoms with E-state index in [2.05, 4.69) is 5.32 Å². The van der Waals surface area contributed by atoms with E-state index < -0.39 is 12.1 Å². The van der Waals surface area contributed by atoms with E-state index in [4.69, 9.17) is 9.15 Å². The van der Waals surface area contributed by atoms with Gasteiger partial charge in [-0.1, -0.05) is 12.1 Å². The highest BCUT2D eigenvalue weighted by molar-refractivity contribution is 6.02. The molecule has 1 aromatic carbocycles. The van der Waals surface area contributed by atoms with Gasteiger partial charge in [-0.3, -0.25) is 9.59 Å². The van der Waals surface area contributed by atoms with Crippen molar-refractivity contribution < 1.29 is 23.5 Å². The van der Waals surface area contributed by atoms with Gasteiger partial charge >= 0.3 is 5.97 Å². The largest absolute Gasteiger partial charge is 0.465 e. The number of nitrogens with one attached hydrogen (secondary N) is 1. The smallest absolute Gasteiger partial charge is 0.341 e. The van der Waals surface area contributed by atoms with Crippen LogP contribution in [-0.4, -0.2) is 50.4 Å². The average Bonchev–Trinajstić information content (AvgIpc) is 3.06. The first-order valence-corrected chi connectivity index (χ1v) is 8.41. The molecule has 1 aromatic heterocycles. The number of benzene rings is 1. The Morgan fingerprint density at radius 3 is 2.67 bits per heavy atom. The molecule has 0 unspecified atom stereocenters. The maximum Gasteiger partial charge on any atom is 0.341 e. The number of aryl methyl sites for hydroxylation is 1. The molecular formula is C19H21N3O5. The van der Waals surface area contributed by atoms with Crippen molar-refractivity contribution in [2.75, 3.05) is 32.6 Å². The van der Waals surface area contributed by atoms with Crippen molar-refractivity contribution in [2.24, 2.45) is 0 Å². The summed E-state index contributed by atoms with van der Waals surface area (Å²) in [6.45, 7) is 1.67. The number of fused-ring (bicyclic) bond motifs is 1. The number of rotatable bonds is 4. The fraction of sp³-hybridized carbons (Fsp3) is 0.316. The van der Waals surface area contributed by atoms with Gasteiger partial charge in [-0.25, -0.2) is 4.79 Å². The predicted octanol–water partition coefficient (Wildman–Crippen LogP) is 1.71. The van der Waals surface area contributed by atoms with E-state index in [-0.39, 0.29) is 23.9 Å². The van der Waals surface area contributed by atoms with Gasteiger partial charge in [0.05, 0.1) is 24.9 Å². The van der Waals surface area contributed by atoms with Crippen LogP contribution >= 0.6 is 0 Å². The number of para-hydroxylation sites is 1. The number of esters is 1. The molecule has 0 bridgehead atoms. The normalized spacial score (nSPS) is 16.1. The number of amides is 2. The molecule has 8 heteroatoms. The van der Waals surface area contributed by atoms with Gasteiger partial charge in [-0.05, 0) is 25.1 Å². The van der Waals surface area contributed by atoms with Crippen LogP contribution in [0.4, 0.5) is 5.69 Å². The van der Waals surface area contributed by atoms with Crippen LogP contribution in [0.25, 0.3) is 0 Å². The Kier molecular flexibility index (Phi) is 4.89. The van der Waals surface area contributed by atoms with Gasteiger partial charge < -0.3 is 24.3 Å². The molecule has 1 atom stereocenters. The molecule has 0 radical (unpaired) electrons. The summed E-state index contributed by atoms with van der Waals surface area (Å²) >= 11 is 0. The van der Waals surface area contributed by atoms with Gasteiger partial charge in [0.2, 0.25) is 5.91 Å². The molecule has 1 aliphatic rings. The third-order valence-corrected chi connectivity index (χ3v) is 4.62. The molecule has 27 heavy (non-hydrogen) atoms. The van der Waals surface area contributed by atoms with Crippen LogP contribution in [0.3, 0.4) is 0 Å². The Morgan fingerprint density at radius 1 is 1.30 bits per heavy atom. The van der Waals surface area contributed by atoms with Crippen LogP contribution in [-0.2, 0) is 9.53 Å². The van der Waals surface area contributed by atoms with Gasteiger partial charge in [-0.2, -0.15) is 0 Å². The summed E-state index contributed by atoms with van der Waals surface area (Å²) in [5, 5.41) is 2.60. The van der Waals surface area contributed by atoms with Gasteiger partial charge in [0, 0.05) is 14.1 Å². The number of furan rings is 1. The minimum Gasteiger partial charge on any atom is -0.465 e. The van der Waals surface area contributed by atoms with E-state index in [1.165, 1.54) is 12.0 Å². The maximum atomic E-state index is 12.8. The van der Waals surface area contributed by atoms with E-state index in [9.17, 15) is 14.4 Å². The van der Waals surface area contributed by atoms with Crippen LogP contribution in [0.15, 0.2) is 34.7 Å². The van der Waals surface area contributed by atoms with Crippen LogP contribution in [0, 0.1) is 6.92 Å². The highest BCUT2D eigenvalue weighted by atomic mass is 16.5. The minimum absolute atomic E-state index is 0.0170. The zero-order valence-electron chi connectivity index (χ0n) is 15.6. The number of carbonyl (C=O) groups excluding carboxylic acids is 3. The number of carbonyl (C=O) groups is 3. The monoisotopic (exact) mass is 371 g/mol. The molecule has 3 rings (SSSR count). The predicted molar refractivity (Wildman–Crippen MR) is 97.5 cm³/mol. The molecule has 2 amide bonds. The second-order valence-electron chi connectivity index (χ2n) is 6.22. The van der Waals surface area contributed by atoms with Crippen molar-refractivity contribution in [3.8, 4) is 0 Å². The first kappa shape index (κ1) is 18.5. The minimum atomic E-state index is -0.679. The lowest BCUT2D eigenvalue weighted by atomic mass is 10.0. The van der Waals surface area contributed by atoms with E-state index in [1.54, 1.807) is 56.3 Å². The molecule has 142 valence electrons. The summed E-state index contributed by atoms with van der Waals surface area (Å²) in [4.78, 5) is 40.2. The number of methoxy groups -OCH3 is 1. The number of nitrogens with zero attached hydrogens (tertiary/aromatic N) is 2. The second kappa shape index (κ2) is 7.14. The summed E-state index contributed by atoms with van der Waals surface area (Å²) in [6, 6.07) is 8.63. The van der Waals surface area contributed by atoms with Crippen molar-refractivity contribution in [3.63, 3.8) is 0 Å². The zero-order chi connectivity index (χ0) is 19.7. The van der Waals surface area contributed by atoms with E-state index in [0.29, 0.717) is 22.8 Å². The third-order valence-electron chi connectivity index (χ3n) is 4.62. The molecule has 8 nitrogen and oxygen atoms in total. The molecule has 2 aromatic rings. The quantitative estimate of drug-likeness (QED) is 0.823. The first-order valence-electron chi connectivity index (χ1n) is 8.41. The summed E-state index contributed by atoms with van der Waals surface area (Å²) in [6.07, 6.45) is -0.679. The first-order chi connectivity index (χ1) is 12.9. The molecule has 1 N–H and O–H groups in total. The van der Waals surface area contributed by atoms with Crippen LogP contribution in [0.2, 0.25) is 0 Å². The molecule has 0 fully saturated rings. The van der Waals surface area contributed by atoms with Crippen molar-refractivity contribution in [1.29, 1.82) is 0 Å². The van der Waals surface area contributed by atoms with Gasteiger partial charge in [0.1, 0.15) is 17.1 Å². The zero-order valence-corrected chi connectivity index (χ0v) is 15.6. The Balaban J connectivity index is 2.13. The lowest BCUT2D eigenvalue weighted by Gasteiger charge is -2.42. The molecule has 1 aliphatic heterocycles. The Bertz CT molecular complexity index is 905. The fourth-order valence-corrected chi connectivity index (χ4v) is 3.24. The molecule has 0 aliphatic carbocycles. The highest BCUT2D eigenvalue weighted by Crippen LogP contribution is 2.38. The van der Waals surface area contributed by atoms with Crippen molar-refractivity contribution in [3.05, 3.63) is 53.0 Å². The van der Waals surface area contributed by atoms with Crippen molar-refractivity contribution in [2.45, 2.75) is 13.1 Å². The maximum absolute atomic E-state index is 12.8. The van der Waals surface area contributed by atoms with Crippen molar-refractivity contribution >= 4 is 23.5 Å². The SMILES string of the molecule is CNC(=O)CN1c2ccccc2C(=O)N(C)[C@@H]1c1cc(C(=O)OC)c(C)o1. The number of ether oxygens (including phenoxy) is 1. The number of hydrogen-bond acceptors (Lipinski definition) is 6. The lowest BCUT2D eigenvalue weighted by molar-refractivity contribution is -0.119. The lowest BCUT2D eigenvalue weighted by Crippen LogP contribution is -2.50. The Labute approximate surface area is 156 Å². The van der Waals surface area contributed by atoms with E-state index in [0.717, 1.165) is 0 Å². The standard InChI is InChI=1S/C19H21N3O5/c1-11-13(19(25)26-4)9-15(27-11)17-21(3)18(24)12-7-5-6-8-14(12)22(17)10-16(23)20-2/h5-9,17H,10H2,1-4H3,(H,20,23)/t17-/m0/s1. The molecule has 0 spiro atoms. The number of hydrogen-bond donors (Lipinski definition) is 1. The van der Waals surface area contributed by atoms with Crippen LogP contribution in [0.1, 0.15) is 38.4 Å². The Morgan fingerprint density at radius 2 is 2.00 bits per heavy atom. The Hall–Kier alpha value is -3.29. The summed E-state index contributed by atoms with van der Waals surface area (Å²) < 4.78 is 10.6. The topological polar surface area (TPSA) is 92.1 Å². The molecule has 2 heterocycles. The summed E-state index contributed by atoms with van der Waals surface area (Å²) in [5.41, 5.74) is 1.41. The van der Waals surface area contributed by atoms with E-state index >= 15 is 0 Å². The molecule has 0 saturated heterocycles. The van der Waals surface area contributed by atoms with Crippen LogP contribution in [0.5, 0.6) is 0 Å². The third kappa shape index (κ3) is 3.14. The van der Waals surface area contributed by atoms with Gasteiger partial charge in [-0.15, -0.1) is 0 Å². The van der Waals surface area contributed by atoms with Crippen LogP contribution < -0.4 is 10.2 Å².